The fourth-order valence-electron chi connectivity index (χ4n) is 1.86. The van der Waals surface area contributed by atoms with Gasteiger partial charge in [0.15, 0.2) is 11.5 Å². The number of carbonyl (C=O) groups excluding carboxylic acids is 1. The van der Waals surface area contributed by atoms with Crippen molar-refractivity contribution in [3.05, 3.63) is 23.8 Å². The molecular weight excluding hydrogens is 220 g/mol. The highest BCUT2D eigenvalue weighted by Gasteiger charge is 2.19. The van der Waals surface area contributed by atoms with Crippen molar-refractivity contribution in [3.8, 4) is 11.5 Å². The Balaban J connectivity index is 2.13. The van der Waals surface area contributed by atoms with Crippen LogP contribution in [0.1, 0.15) is 5.56 Å². The van der Waals surface area contributed by atoms with E-state index in [1.807, 2.05) is 18.2 Å². The number of nitrogens with one attached hydrogen (secondary N) is 1. The summed E-state index contributed by atoms with van der Waals surface area (Å²) in [6, 6.07) is 5.67. The molecule has 2 rings (SSSR count). The van der Waals surface area contributed by atoms with Gasteiger partial charge >= 0.3 is 6.03 Å². The van der Waals surface area contributed by atoms with Crippen LogP contribution in [0.5, 0.6) is 11.5 Å². The molecule has 0 aliphatic carbocycles. The molecule has 5 nitrogen and oxygen atoms in total. The molecule has 2 amide bonds. The van der Waals surface area contributed by atoms with Gasteiger partial charge in [0.1, 0.15) is 0 Å². The summed E-state index contributed by atoms with van der Waals surface area (Å²) in [5.41, 5.74) is 1.03. The van der Waals surface area contributed by atoms with Crippen molar-refractivity contribution in [2.24, 2.45) is 0 Å². The van der Waals surface area contributed by atoms with Gasteiger partial charge in [-0.3, -0.25) is 0 Å². The number of methoxy groups -OCH3 is 2. The number of hydrogen-bond donors (Lipinski definition) is 1. The molecule has 1 aromatic rings. The Hall–Kier alpha value is -1.91. The fourth-order valence-corrected chi connectivity index (χ4v) is 1.86. The predicted molar refractivity (Wildman–Crippen MR) is 63.4 cm³/mol. The number of nitrogens with zero attached hydrogens (tertiary/aromatic N) is 1. The van der Waals surface area contributed by atoms with E-state index >= 15 is 0 Å². The molecule has 0 saturated carbocycles. The Bertz CT molecular complexity index is 420. The average Bonchev–Trinajstić information content (AvgIpc) is 2.75. The average molecular weight is 236 g/mol. The third kappa shape index (κ3) is 2.43. The van der Waals surface area contributed by atoms with E-state index in [1.165, 1.54) is 0 Å². The lowest BCUT2D eigenvalue weighted by atomic mass is 10.2. The van der Waals surface area contributed by atoms with E-state index in [-0.39, 0.29) is 6.03 Å². The van der Waals surface area contributed by atoms with Crippen LogP contribution in [0.15, 0.2) is 18.2 Å². The molecule has 0 bridgehead atoms. The first-order chi connectivity index (χ1) is 8.24. The minimum Gasteiger partial charge on any atom is -0.493 e. The van der Waals surface area contributed by atoms with Crippen LogP contribution >= 0.6 is 0 Å². The van der Waals surface area contributed by atoms with E-state index in [1.54, 1.807) is 19.1 Å². The molecule has 1 heterocycles. The summed E-state index contributed by atoms with van der Waals surface area (Å²) in [6.45, 7) is 2.05. The van der Waals surface area contributed by atoms with Crippen LogP contribution in [0.2, 0.25) is 0 Å². The largest absolute Gasteiger partial charge is 0.493 e. The van der Waals surface area contributed by atoms with Crippen molar-refractivity contribution in [2.45, 2.75) is 6.54 Å². The SMILES string of the molecule is COc1ccc(CN2CCNC2=O)cc1OC. The van der Waals surface area contributed by atoms with E-state index in [0.29, 0.717) is 24.6 Å². The highest BCUT2D eigenvalue weighted by Crippen LogP contribution is 2.28. The van der Waals surface area contributed by atoms with Crippen molar-refractivity contribution in [1.29, 1.82) is 0 Å². The number of benzene rings is 1. The van der Waals surface area contributed by atoms with Gasteiger partial charge < -0.3 is 19.7 Å². The Morgan fingerprint density at radius 3 is 2.65 bits per heavy atom. The molecule has 0 unspecified atom stereocenters. The zero-order valence-corrected chi connectivity index (χ0v) is 10.0. The standard InChI is InChI=1S/C12H16N2O3/c1-16-10-4-3-9(7-11(10)17-2)8-14-6-5-13-12(14)15/h3-4,7H,5-6,8H2,1-2H3,(H,13,15). The maximum Gasteiger partial charge on any atom is 0.317 e. The number of carbonyl (C=O) groups is 1. The second kappa shape index (κ2) is 4.95. The Morgan fingerprint density at radius 2 is 2.06 bits per heavy atom. The molecule has 1 aliphatic heterocycles. The monoisotopic (exact) mass is 236 g/mol. The molecule has 0 aromatic heterocycles. The second-order valence-corrected chi connectivity index (χ2v) is 3.84. The van der Waals surface area contributed by atoms with Crippen LogP contribution in [0, 0.1) is 0 Å². The predicted octanol–water partition coefficient (Wildman–Crippen LogP) is 1.23. The number of ether oxygens (including phenoxy) is 2. The van der Waals surface area contributed by atoms with Crippen LogP contribution in [0.4, 0.5) is 4.79 Å². The maximum atomic E-state index is 11.4. The summed E-state index contributed by atoms with van der Waals surface area (Å²) in [6.07, 6.45) is 0. The van der Waals surface area contributed by atoms with Gasteiger partial charge in [-0.1, -0.05) is 6.07 Å². The van der Waals surface area contributed by atoms with Gasteiger partial charge in [0.2, 0.25) is 0 Å². The molecule has 0 radical (unpaired) electrons. The lowest BCUT2D eigenvalue weighted by molar-refractivity contribution is 0.215. The molecule has 17 heavy (non-hydrogen) atoms. The van der Waals surface area contributed by atoms with E-state index in [4.69, 9.17) is 9.47 Å². The third-order valence-electron chi connectivity index (χ3n) is 2.77. The normalized spacial score (nSPS) is 14.7. The molecule has 1 aliphatic rings. The first-order valence-electron chi connectivity index (χ1n) is 5.48. The minimum absolute atomic E-state index is 0.0141. The molecule has 1 N–H and O–H groups in total. The molecule has 1 saturated heterocycles. The number of hydrogen-bond acceptors (Lipinski definition) is 3. The van der Waals surface area contributed by atoms with E-state index in [0.717, 1.165) is 12.1 Å². The van der Waals surface area contributed by atoms with Crippen LogP contribution in [-0.2, 0) is 6.54 Å². The van der Waals surface area contributed by atoms with Gasteiger partial charge in [0.05, 0.1) is 14.2 Å². The Labute approximate surface area is 100 Å². The smallest absolute Gasteiger partial charge is 0.317 e. The Kier molecular flexibility index (Phi) is 3.37. The number of rotatable bonds is 4. The van der Waals surface area contributed by atoms with Gasteiger partial charge in [-0.15, -0.1) is 0 Å². The quantitative estimate of drug-likeness (QED) is 0.855. The van der Waals surface area contributed by atoms with Gasteiger partial charge in [-0.25, -0.2) is 4.79 Å². The first kappa shape index (κ1) is 11.6. The summed E-state index contributed by atoms with van der Waals surface area (Å²) >= 11 is 0. The zero-order chi connectivity index (χ0) is 12.3. The van der Waals surface area contributed by atoms with Gasteiger partial charge in [0, 0.05) is 19.6 Å². The summed E-state index contributed by atoms with van der Waals surface area (Å²) < 4.78 is 10.4. The van der Waals surface area contributed by atoms with Crippen LogP contribution in [-0.4, -0.2) is 38.2 Å². The van der Waals surface area contributed by atoms with Crippen molar-refractivity contribution in [1.82, 2.24) is 10.2 Å². The van der Waals surface area contributed by atoms with Crippen LogP contribution in [0.3, 0.4) is 0 Å². The van der Waals surface area contributed by atoms with E-state index < -0.39 is 0 Å². The third-order valence-corrected chi connectivity index (χ3v) is 2.77. The highest BCUT2D eigenvalue weighted by molar-refractivity contribution is 5.76. The minimum atomic E-state index is -0.0141. The molecule has 1 fully saturated rings. The van der Waals surface area contributed by atoms with Crippen LogP contribution in [0.25, 0.3) is 0 Å². The Morgan fingerprint density at radius 1 is 1.29 bits per heavy atom. The summed E-state index contributed by atoms with van der Waals surface area (Å²) in [7, 11) is 3.20. The summed E-state index contributed by atoms with van der Waals surface area (Å²) in [4.78, 5) is 13.2. The summed E-state index contributed by atoms with van der Waals surface area (Å²) in [5.74, 6) is 1.38. The molecule has 92 valence electrons. The van der Waals surface area contributed by atoms with Gasteiger partial charge in [-0.2, -0.15) is 0 Å². The molecule has 5 heteroatoms. The lowest BCUT2D eigenvalue weighted by Crippen LogP contribution is -2.27. The second-order valence-electron chi connectivity index (χ2n) is 3.84. The van der Waals surface area contributed by atoms with Crippen molar-refractivity contribution >= 4 is 6.03 Å². The van der Waals surface area contributed by atoms with E-state index in [9.17, 15) is 4.79 Å². The summed E-state index contributed by atoms with van der Waals surface area (Å²) in [5, 5.41) is 2.77. The van der Waals surface area contributed by atoms with Gasteiger partial charge in [-0.05, 0) is 17.7 Å². The molecular formula is C12H16N2O3. The topological polar surface area (TPSA) is 50.8 Å². The molecule has 1 aromatic carbocycles. The van der Waals surface area contributed by atoms with Crippen molar-refractivity contribution in [2.75, 3.05) is 27.3 Å². The zero-order valence-electron chi connectivity index (χ0n) is 10.0. The fraction of sp³-hybridized carbons (Fsp3) is 0.417. The number of amides is 2. The number of urea groups is 1. The van der Waals surface area contributed by atoms with Crippen LogP contribution < -0.4 is 14.8 Å². The molecule has 0 atom stereocenters. The van der Waals surface area contributed by atoms with Crippen molar-refractivity contribution < 1.29 is 14.3 Å². The molecule has 0 spiro atoms. The first-order valence-corrected chi connectivity index (χ1v) is 5.48. The maximum absolute atomic E-state index is 11.4. The lowest BCUT2D eigenvalue weighted by Gasteiger charge is -2.15. The van der Waals surface area contributed by atoms with E-state index in [2.05, 4.69) is 5.32 Å². The van der Waals surface area contributed by atoms with Gasteiger partial charge in [0.25, 0.3) is 0 Å². The van der Waals surface area contributed by atoms with Crippen molar-refractivity contribution in [3.63, 3.8) is 0 Å². The highest BCUT2D eigenvalue weighted by atomic mass is 16.5.